The Balaban J connectivity index is 2.15. The minimum absolute atomic E-state index is 0.428. The average molecular weight is 239 g/mol. The Morgan fingerprint density at radius 3 is 3.00 bits per heavy atom. The van der Waals surface area contributed by atoms with E-state index in [1.807, 2.05) is 11.3 Å². The first kappa shape index (κ1) is 12.1. The Morgan fingerprint density at radius 2 is 2.44 bits per heavy atom. The van der Waals surface area contributed by atoms with Gasteiger partial charge in [0.1, 0.15) is 0 Å². The van der Waals surface area contributed by atoms with E-state index in [1.165, 1.54) is 16.9 Å². The first-order chi connectivity index (χ1) is 7.76. The smallest absolute Gasteiger partial charge is 0.0619 e. The molecule has 1 aromatic rings. The van der Waals surface area contributed by atoms with Crippen LogP contribution in [0, 0.1) is 12.8 Å². The zero-order chi connectivity index (χ0) is 11.5. The fraction of sp³-hybridized carbons (Fsp3) is 0.692. The van der Waals surface area contributed by atoms with E-state index >= 15 is 0 Å². The third-order valence-corrected chi connectivity index (χ3v) is 4.39. The Hall–Kier alpha value is -0.380. The molecule has 2 nitrogen and oxygen atoms in total. The van der Waals surface area contributed by atoms with Crippen molar-refractivity contribution in [1.82, 2.24) is 5.32 Å². The van der Waals surface area contributed by atoms with Crippen LogP contribution in [0.2, 0.25) is 0 Å². The predicted molar refractivity (Wildman–Crippen MR) is 69.0 cm³/mol. The van der Waals surface area contributed by atoms with Crippen molar-refractivity contribution in [2.24, 2.45) is 5.92 Å². The highest BCUT2D eigenvalue weighted by Gasteiger charge is 2.33. The summed E-state index contributed by atoms with van der Waals surface area (Å²) in [4.78, 5) is 1.39. The van der Waals surface area contributed by atoms with Crippen LogP contribution in [0.25, 0.3) is 0 Å². The standard InChI is InChI=1S/C13H21NOS/c1-4-12-11(5-6-15-12)13(14-3)10-7-9(2)16-8-10/h7-8,11-14H,4-6H2,1-3H3. The molecule has 3 unspecified atom stereocenters. The maximum absolute atomic E-state index is 5.79. The molecule has 3 heteroatoms. The van der Waals surface area contributed by atoms with Crippen LogP contribution in [0.5, 0.6) is 0 Å². The summed E-state index contributed by atoms with van der Waals surface area (Å²) in [7, 11) is 2.06. The highest BCUT2D eigenvalue weighted by atomic mass is 32.1. The molecule has 16 heavy (non-hydrogen) atoms. The van der Waals surface area contributed by atoms with E-state index in [4.69, 9.17) is 4.74 Å². The lowest BCUT2D eigenvalue weighted by Crippen LogP contribution is -2.30. The molecule has 0 aliphatic carbocycles. The van der Waals surface area contributed by atoms with Crippen molar-refractivity contribution in [3.63, 3.8) is 0 Å². The van der Waals surface area contributed by atoms with Gasteiger partial charge in [-0.1, -0.05) is 6.92 Å². The minimum atomic E-state index is 0.428. The van der Waals surface area contributed by atoms with Gasteiger partial charge in [0.05, 0.1) is 6.10 Å². The highest BCUT2D eigenvalue weighted by Crippen LogP contribution is 2.36. The first-order valence-electron chi connectivity index (χ1n) is 6.10. The Bertz CT molecular complexity index is 336. The van der Waals surface area contributed by atoms with Crippen molar-refractivity contribution in [2.75, 3.05) is 13.7 Å². The van der Waals surface area contributed by atoms with E-state index in [2.05, 4.69) is 37.7 Å². The van der Waals surface area contributed by atoms with Gasteiger partial charge in [0.15, 0.2) is 0 Å². The van der Waals surface area contributed by atoms with Gasteiger partial charge < -0.3 is 10.1 Å². The van der Waals surface area contributed by atoms with Gasteiger partial charge in [-0.3, -0.25) is 0 Å². The quantitative estimate of drug-likeness (QED) is 0.871. The maximum atomic E-state index is 5.79. The van der Waals surface area contributed by atoms with E-state index in [0.29, 0.717) is 18.1 Å². The van der Waals surface area contributed by atoms with Crippen LogP contribution in [0.15, 0.2) is 11.4 Å². The predicted octanol–water partition coefficient (Wildman–Crippen LogP) is 3.13. The number of nitrogens with one attached hydrogen (secondary N) is 1. The molecular weight excluding hydrogens is 218 g/mol. The summed E-state index contributed by atoms with van der Waals surface area (Å²) in [6.45, 7) is 5.31. The van der Waals surface area contributed by atoms with Gasteiger partial charge in [-0.05, 0) is 43.8 Å². The number of thiophene rings is 1. The van der Waals surface area contributed by atoms with E-state index in [1.54, 1.807) is 0 Å². The fourth-order valence-electron chi connectivity index (χ4n) is 2.72. The Morgan fingerprint density at radius 1 is 1.62 bits per heavy atom. The fourth-order valence-corrected chi connectivity index (χ4v) is 3.46. The Kier molecular flexibility index (Phi) is 4.00. The summed E-state index contributed by atoms with van der Waals surface area (Å²) in [5, 5.41) is 5.74. The number of rotatable bonds is 4. The van der Waals surface area contributed by atoms with Crippen LogP contribution >= 0.6 is 11.3 Å². The molecule has 0 saturated carbocycles. The molecule has 0 spiro atoms. The third kappa shape index (κ3) is 2.31. The topological polar surface area (TPSA) is 21.3 Å². The van der Waals surface area contributed by atoms with Crippen molar-refractivity contribution >= 4 is 11.3 Å². The lowest BCUT2D eigenvalue weighted by atomic mass is 9.88. The third-order valence-electron chi connectivity index (χ3n) is 3.51. The van der Waals surface area contributed by atoms with Crippen molar-refractivity contribution in [2.45, 2.75) is 38.8 Å². The lowest BCUT2D eigenvalue weighted by molar-refractivity contribution is 0.0783. The van der Waals surface area contributed by atoms with Gasteiger partial charge >= 0.3 is 0 Å². The van der Waals surface area contributed by atoms with Gasteiger partial charge in [-0.25, -0.2) is 0 Å². The minimum Gasteiger partial charge on any atom is -0.378 e. The normalized spacial score (nSPS) is 27.2. The second-order valence-corrected chi connectivity index (χ2v) is 5.64. The van der Waals surface area contributed by atoms with Gasteiger partial charge in [0.2, 0.25) is 0 Å². The summed E-state index contributed by atoms with van der Waals surface area (Å²) in [5.41, 5.74) is 1.43. The summed E-state index contributed by atoms with van der Waals surface area (Å²) < 4.78 is 5.79. The monoisotopic (exact) mass is 239 g/mol. The van der Waals surface area contributed by atoms with Crippen LogP contribution < -0.4 is 5.32 Å². The maximum Gasteiger partial charge on any atom is 0.0619 e. The van der Waals surface area contributed by atoms with Gasteiger partial charge in [-0.2, -0.15) is 0 Å². The number of ether oxygens (including phenoxy) is 1. The van der Waals surface area contributed by atoms with Gasteiger partial charge in [-0.15, -0.1) is 11.3 Å². The molecule has 3 atom stereocenters. The van der Waals surface area contributed by atoms with Crippen molar-refractivity contribution in [3.8, 4) is 0 Å². The van der Waals surface area contributed by atoms with Crippen LogP contribution in [0.1, 0.15) is 36.2 Å². The largest absolute Gasteiger partial charge is 0.378 e. The van der Waals surface area contributed by atoms with E-state index < -0.39 is 0 Å². The van der Waals surface area contributed by atoms with Crippen molar-refractivity contribution < 1.29 is 4.74 Å². The molecule has 2 rings (SSSR count). The molecule has 0 radical (unpaired) electrons. The van der Waals surface area contributed by atoms with Gasteiger partial charge in [0, 0.05) is 23.4 Å². The molecule has 1 aliphatic heterocycles. The van der Waals surface area contributed by atoms with Crippen LogP contribution in [0.3, 0.4) is 0 Å². The molecule has 1 aromatic heterocycles. The van der Waals surface area contributed by atoms with Crippen LogP contribution in [-0.4, -0.2) is 19.8 Å². The van der Waals surface area contributed by atoms with Crippen molar-refractivity contribution in [1.29, 1.82) is 0 Å². The average Bonchev–Trinajstić information content (AvgIpc) is 2.89. The summed E-state index contributed by atoms with van der Waals surface area (Å²) in [5.74, 6) is 0.629. The molecule has 1 aliphatic rings. The first-order valence-corrected chi connectivity index (χ1v) is 6.98. The second-order valence-electron chi connectivity index (χ2n) is 4.53. The zero-order valence-corrected chi connectivity index (χ0v) is 11.1. The van der Waals surface area contributed by atoms with Crippen molar-refractivity contribution in [3.05, 3.63) is 21.9 Å². The van der Waals surface area contributed by atoms with E-state index in [9.17, 15) is 0 Å². The Labute approximate surface area is 102 Å². The number of hydrogen-bond donors (Lipinski definition) is 1. The molecule has 1 fully saturated rings. The van der Waals surface area contributed by atoms with Crippen LogP contribution in [-0.2, 0) is 4.74 Å². The summed E-state index contributed by atoms with van der Waals surface area (Å²) >= 11 is 1.83. The van der Waals surface area contributed by atoms with E-state index in [-0.39, 0.29) is 0 Å². The molecule has 0 amide bonds. The molecule has 2 heterocycles. The molecule has 0 bridgehead atoms. The van der Waals surface area contributed by atoms with E-state index in [0.717, 1.165) is 13.0 Å². The number of aryl methyl sites for hydroxylation is 1. The zero-order valence-electron chi connectivity index (χ0n) is 10.3. The summed E-state index contributed by atoms with van der Waals surface area (Å²) in [6, 6.07) is 2.76. The molecule has 0 aromatic carbocycles. The highest BCUT2D eigenvalue weighted by molar-refractivity contribution is 7.10. The van der Waals surface area contributed by atoms with Crippen LogP contribution in [0.4, 0.5) is 0 Å². The molecule has 90 valence electrons. The SMILES string of the molecule is CCC1OCCC1C(NC)c1csc(C)c1. The molecule has 1 N–H and O–H groups in total. The molecule has 1 saturated heterocycles. The lowest BCUT2D eigenvalue weighted by Gasteiger charge is -2.26. The second kappa shape index (κ2) is 5.30. The summed E-state index contributed by atoms with van der Waals surface area (Å²) in [6.07, 6.45) is 2.72. The van der Waals surface area contributed by atoms with Gasteiger partial charge in [0.25, 0.3) is 0 Å². The number of hydrogen-bond acceptors (Lipinski definition) is 3. The molecular formula is C13H21NOS.